The Hall–Kier alpha value is -3.59. The highest BCUT2D eigenvalue weighted by Gasteiger charge is 2.39. The maximum absolute atomic E-state index is 13.6. The second-order valence-corrected chi connectivity index (χ2v) is 8.37. The summed E-state index contributed by atoms with van der Waals surface area (Å²) in [6, 6.07) is 4.33. The second-order valence-electron chi connectivity index (χ2n) is 8.37. The van der Waals surface area contributed by atoms with Crippen molar-refractivity contribution in [3.05, 3.63) is 46.5 Å². The van der Waals surface area contributed by atoms with Crippen LogP contribution in [0.15, 0.2) is 18.2 Å². The van der Waals surface area contributed by atoms with Gasteiger partial charge in [-0.05, 0) is 25.1 Å². The molecule has 3 heterocycles. The highest BCUT2D eigenvalue weighted by molar-refractivity contribution is 5.96. The molecule has 0 saturated carbocycles. The summed E-state index contributed by atoms with van der Waals surface area (Å²) in [6.45, 7) is 1.54. The van der Waals surface area contributed by atoms with Gasteiger partial charge in [-0.25, -0.2) is 18.0 Å². The summed E-state index contributed by atoms with van der Waals surface area (Å²) in [4.78, 5) is 29.1. The molecule has 0 spiro atoms. The molecule has 0 fully saturated rings. The number of likely N-dealkylation sites (N-methyl/N-ethyl adjacent to an activating group) is 1. The van der Waals surface area contributed by atoms with Gasteiger partial charge in [0, 0.05) is 30.8 Å². The van der Waals surface area contributed by atoms with Crippen molar-refractivity contribution in [2.75, 3.05) is 25.6 Å². The first-order valence-corrected chi connectivity index (χ1v) is 10.7. The van der Waals surface area contributed by atoms with Crippen LogP contribution in [0.3, 0.4) is 0 Å². The van der Waals surface area contributed by atoms with Crippen LogP contribution in [0.25, 0.3) is 0 Å². The van der Waals surface area contributed by atoms with Gasteiger partial charge in [0.05, 0.1) is 37.0 Å². The maximum Gasteiger partial charge on any atom is 0.322 e. The molecule has 0 aliphatic carbocycles. The van der Waals surface area contributed by atoms with E-state index >= 15 is 0 Å². The molecular formula is C22H23F3N6O3. The van der Waals surface area contributed by atoms with E-state index in [2.05, 4.69) is 10.4 Å². The van der Waals surface area contributed by atoms with Crippen LogP contribution < -0.4 is 5.32 Å². The lowest BCUT2D eigenvalue weighted by molar-refractivity contribution is -0.00905. The van der Waals surface area contributed by atoms with Crippen molar-refractivity contribution in [2.24, 2.45) is 0 Å². The Balaban J connectivity index is 1.52. The summed E-state index contributed by atoms with van der Waals surface area (Å²) in [7, 11) is 1.58. The molecular weight excluding hydrogens is 453 g/mol. The minimum atomic E-state index is -2.59. The first kappa shape index (κ1) is 23.6. The minimum absolute atomic E-state index is 0.0379. The number of carbonyl (C=O) groups is 2. The summed E-state index contributed by atoms with van der Waals surface area (Å²) >= 11 is 0. The smallest absolute Gasteiger partial charge is 0.322 e. The average molecular weight is 476 g/mol. The molecule has 0 radical (unpaired) electrons. The molecule has 2 aliphatic heterocycles. The van der Waals surface area contributed by atoms with Crippen LogP contribution >= 0.6 is 0 Å². The van der Waals surface area contributed by atoms with Gasteiger partial charge >= 0.3 is 6.03 Å². The second kappa shape index (κ2) is 9.34. The lowest BCUT2D eigenvalue weighted by atomic mass is 9.98. The van der Waals surface area contributed by atoms with E-state index in [1.807, 2.05) is 6.92 Å². The number of alkyl halides is 2. The predicted octanol–water partition coefficient (Wildman–Crippen LogP) is 2.61. The third kappa shape index (κ3) is 4.43. The van der Waals surface area contributed by atoms with Crippen molar-refractivity contribution in [3.63, 3.8) is 0 Å². The molecule has 0 unspecified atom stereocenters. The number of nitrogens with zero attached hydrogens (tertiary/aromatic N) is 5. The Morgan fingerprint density at radius 3 is 2.88 bits per heavy atom. The molecule has 180 valence electrons. The molecule has 34 heavy (non-hydrogen) atoms. The number of ether oxygens (including phenoxy) is 1. The van der Waals surface area contributed by atoms with Crippen LogP contribution in [0.5, 0.6) is 0 Å². The first-order chi connectivity index (χ1) is 16.2. The molecule has 12 heteroatoms. The normalized spacial score (nSPS) is 19.6. The number of nitrogens with one attached hydrogen (secondary N) is 1. The Morgan fingerprint density at radius 1 is 1.41 bits per heavy atom. The molecule has 0 saturated heterocycles. The zero-order valence-corrected chi connectivity index (χ0v) is 18.6. The predicted molar refractivity (Wildman–Crippen MR) is 114 cm³/mol. The molecule has 2 aromatic rings. The van der Waals surface area contributed by atoms with Crippen molar-refractivity contribution in [2.45, 2.75) is 44.9 Å². The van der Waals surface area contributed by atoms with Gasteiger partial charge in [0.2, 0.25) is 0 Å². The number of urea groups is 1. The van der Waals surface area contributed by atoms with Gasteiger partial charge in [0.25, 0.3) is 12.3 Å². The number of aromatic nitrogens is 2. The van der Waals surface area contributed by atoms with E-state index in [9.17, 15) is 22.8 Å². The van der Waals surface area contributed by atoms with Crippen LogP contribution in [-0.4, -0.2) is 70.3 Å². The van der Waals surface area contributed by atoms with Gasteiger partial charge in [-0.2, -0.15) is 10.4 Å². The Kier molecular flexibility index (Phi) is 6.47. The quantitative estimate of drug-likeness (QED) is 0.715. The fourth-order valence-corrected chi connectivity index (χ4v) is 4.24. The maximum atomic E-state index is 13.6. The largest absolute Gasteiger partial charge is 0.373 e. The molecule has 0 bridgehead atoms. The van der Waals surface area contributed by atoms with Gasteiger partial charge in [-0.15, -0.1) is 0 Å². The SMILES string of the molecule is C[C@@H]1Cc2nn3c(c2CN1C(=O)Nc1ccc(F)c(C#N)c1)C(=O)N(C)[C@H](COCC(F)F)C3. The van der Waals surface area contributed by atoms with Crippen LogP contribution in [0, 0.1) is 17.1 Å². The lowest BCUT2D eigenvalue weighted by Gasteiger charge is -2.35. The summed E-state index contributed by atoms with van der Waals surface area (Å²) in [6.07, 6.45) is -2.17. The standard InChI is InChI=1S/C22H23F3N6O3/c1-12-5-18-16(9-30(12)22(33)27-14-3-4-17(23)13(6-14)7-26)20-21(32)29(2)15(8-31(20)28-18)10-34-11-19(24)25/h3-4,6,12,15,19H,5,8-11H2,1-2H3,(H,27,33)/t12-,15+/m1/s1. The van der Waals surface area contributed by atoms with Crippen LogP contribution in [0.4, 0.5) is 23.7 Å². The molecule has 3 amide bonds. The Labute approximate surface area is 193 Å². The number of anilines is 1. The highest BCUT2D eigenvalue weighted by atomic mass is 19.3. The highest BCUT2D eigenvalue weighted by Crippen LogP contribution is 2.30. The monoisotopic (exact) mass is 476 g/mol. The van der Waals surface area contributed by atoms with E-state index < -0.39 is 30.9 Å². The third-order valence-corrected chi connectivity index (χ3v) is 6.09. The average Bonchev–Trinajstić information content (AvgIpc) is 3.14. The van der Waals surface area contributed by atoms with E-state index in [0.29, 0.717) is 29.9 Å². The molecule has 9 nitrogen and oxygen atoms in total. The molecule has 1 aromatic heterocycles. The Morgan fingerprint density at radius 2 is 2.18 bits per heavy atom. The summed E-state index contributed by atoms with van der Waals surface area (Å²) in [5, 5.41) is 16.2. The topological polar surface area (TPSA) is 103 Å². The van der Waals surface area contributed by atoms with Crippen molar-refractivity contribution >= 4 is 17.6 Å². The number of carbonyl (C=O) groups excluding carboxylic acids is 2. The zero-order chi connectivity index (χ0) is 24.6. The van der Waals surface area contributed by atoms with Gasteiger partial charge in [0.1, 0.15) is 24.2 Å². The number of hydrogen-bond acceptors (Lipinski definition) is 5. The fourth-order valence-electron chi connectivity index (χ4n) is 4.24. The fraction of sp³-hybridized carbons (Fsp3) is 0.455. The van der Waals surface area contributed by atoms with E-state index in [1.54, 1.807) is 22.7 Å². The van der Waals surface area contributed by atoms with E-state index in [4.69, 9.17) is 10.00 Å². The molecule has 1 aromatic carbocycles. The van der Waals surface area contributed by atoms with Crippen molar-refractivity contribution in [1.82, 2.24) is 19.6 Å². The van der Waals surface area contributed by atoms with Gasteiger partial charge in [-0.3, -0.25) is 9.48 Å². The van der Waals surface area contributed by atoms with Crippen molar-refractivity contribution < 1.29 is 27.5 Å². The van der Waals surface area contributed by atoms with Gasteiger partial charge < -0.3 is 19.9 Å². The van der Waals surface area contributed by atoms with Crippen LogP contribution in [-0.2, 0) is 24.2 Å². The number of nitriles is 1. The van der Waals surface area contributed by atoms with E-state index in [0.717, 1.165) is 6.07 Å². The number of fused-ring (bicyclic) bond motifs is 3. The van der Waals surface area contributed by atoms with E-state index in [1.165, 1.54) is 17.0 Å². The molecule has 2 atom stereocenters. The van der Waals surface area contributed by atoms with Gasteiger partial charge in [-0.1, -0.05) is 0 Å². The van der Waals surface area contributed by atoms with Crippen LogP contribution in [0.2, 0.25) is 0 Å². The van der Waals surface area contributed by atoms with Crippen molar-refractivity contribution in [1.29, 1.82) is 5.26 Å². The zero-order valence-electron chi connectivity index (χ0n) is 18.6. The first-order valence-electron chi connectivity index (χ1n) is 10.7. The van der Waals surface area contributed by atoms with Crippen molar-refractivity contribution in [3.8, 4) is 6.07 Å². The third-order valence-electron chi connectivity index (χ3n) is 6.09. The number of amides is 3. The number of benzene rings is 1. The lowest BCUT2D eigenvalue weighted by Crippen LogP contribution is -2.49. The summed E-state index contributed by atoms with van der Waals surface area (Å²) < 4.78 is 45.0. The molecule has 1 N–H and O–H groups in total. The van der Waals surface area contributed by atoms with E-state index in [-0.39, 0.29) is 36.4 Å². The summed E-state index contributed by atoms with van der Waals surface area (Å²) in [5.74, 6) is -0.999. The summed E-state index contributed by atoms with van der Waals surface area (Å²) in [5.41, 5.74) is 1.80. The van der Waals surface area contributed by atoms with Crippen LogP contribution in [0.1, 0.15) is 34.2 Å². The number of halogens is 3. The number of rotatable bonds is 5. The number of hydrogen-bond donors (Lipinski definition) is 1. The molecule has 4 rings (SSSR count). The van der Waals surface area contributed by atoms with Gasteiger partial charge in [0.15, 0.2) is 0 Å². The Bertz CT molecular complexity index is 1160. The minimum Gasteiger partial charge on any atom is -0.373 e. The molecule has 2 aliphatic rings.